The molecule has 2 rings (SSSR count). The van der Waals surface area contributed by atoms with Crippen LogP contribution >= 0.6 is 11.6 Å². The number of ether oxygens (including phenoxy) is 1. The van der Waals surface area contributed by atoms with Gasteiger partial charge in [0.1, 0.15) is 5.75 Å². The van der Waals surface area contributed by atoms with Crippen LogP contribution in [-0.4, -0.2) is 6.36 Å². The lowest BCUT2D eigenvalue weighted by Crippen LogP contribution is -2.17. The van der Waals surface area contributed by atoms with Crippen LogP contribution in [0.2, 0.25) is 5.02 Å². The quantitative estimate of drug-likeness (QED) is 0.832. The van der Waals surface area contributed by atoms with E-state index in [0.29, 0.717) is 22.7 Å². The Hall–Kier alpha value is -1.88. The molecule has 0 atom stereocenters. The summed E-state index contributed by atoms with van der Waals surface area (Å²) in [7, 11) is 0. The first-order valence-corrected chi connectivity index (χ1v) is 6.51. The van der Waals surface area contributed by atoms with Crippen LogP contribution in [0.4, 0.5) is 18.9 Å². The molecule has 0 heterocycles. The van der Waals surface area contributed by atoms with Crippen LogP contribution in [0, 0.1) is 6.92 Å². The molecule has 0 spiro atoms. The van der Waals surface area contributed by atoms with Crippen LogP contribution in [0.1, 0.15) is 16.7 Å². The molecule has 2 aromatic carbocycles. The lowest BCUT2D eigenvalue weighted by atomic mass is 9.99. The Balaban J connectivity index is 2.26. The molecule has 21 heavy (non-hydrogen) atoms. The van der Waals surface area contributed by atoms with Crippen LogP contribution in [0.15, 0.2) is 36.4 Å². The summed E-state index contributed by atoms with van der Waals surface area (Å²) in [6.07, 6.45) is -4.28. The molecule has 0 aliphatic carbocycles. The Bertz CT molecular complexity index is 656. The van der Waals surface area contributed by atoms with Gasteiger partial charge in [-0.25, -0.2) is 0 Å². The van der Waals surface area contributed by atoms with Crippen molar-refractivity contribution in [1.82, 2.24) is 0 Å². The van der Waals surface area contributed by atoms with Crippen molar-refractivity contribution in [2.45, 2.75) is 19.7 Å². The largest absolute Gasteiger partial charge is 0.573 e. The van der Waals surface area contributed by atoms with Crippen molar-refractivity contribution >= 4 is 17.3 Å². The Morgan fingerprint density at radius 3 is 2.57 bits per heavy atom. The van der Waals surface area contributed by atoms with Crippen molar-refractivity contribution in [1.29, 1.82) is 0 Å². The minimum absolute atomic E-state index is 0.243. The van der Waals surface area contributed by atoms with Gasteiger partial charge in [-0.3, -0.25) is 0 Å². The zero-order valence-corrected chi connectivity index (χ0v) is 11.9. The number of alkyl halides is 3. The van der Waals surface area contributed by atoms with Crippen molar-refractivity contribution in [2.24, 2.45) is 0 Å². The second-order valence-electron chi connectivity index (χ2n) is 4.65. The first-order valence-electron chi connectivity index (χ1n) is 6.14. The van der Waals surface area contributed by atoms with Crippen molar-refractivity contribution in [2.75, 3.05) is 5.73 Å². The fraction of sp³-hybridized carbons (Fsp3) is 0.200. The Labute approximate surface area is 125 Å². The van der Waals surface area contributed by atoms with E-state index in [-0.39, 0.29) is 5.75 Å². The van der Waals surface area contributed by atoms with Gasteiger partial charge in [0.2, 0.25) is 0 Å². The molecule has 0 bridgehead atoms. The second-order valence-corrected chi connectivity index (χ2v) is 5.09. The number of nitrogens with two attached hydrogens (primary N) is 1. The van der Waals surface area contributed by atoms with E-state index >= 15 is 0 Å². The number of hydrogen-bond acceptors (Lipinski definition) is 2. The van der Waals surface area contributed by atoms with Crippen molar-refractivity contribution in [3.8, 4) is 5.75 Å². The molecule has 2 N–H and O–H groups in total. The van der Waals surface area contributed by atoms with Gasteiger partial charge in [-0.2, -0.15) is 0 Å². The Kier molecular flexibility index (Phi) is 4.32. The number of benzene rings is 2. The van der Waals surface area contributed by atoms with E-state index in [0.717, 1.165) is 11.1 Å². The predicted molar refractivity (Wildman–Crippen MR) is 76.5 cm³/mol. The second kappa shape index (κ2) is 5.85. The summed E-state index contributed by atoms with van der Waals surface area (Å²) < 4.78 is 40.5. The third-order valence-corrected chi connectivity index (χ3v) is 3.27. The summed E-state index contributed by atoms with van der Waals surface area (Å²) in [5.41, 5.74) is 8.80. The molecule has 0 saturated carbocycles. The molecule has 0 aliphatic rings. The van der Waals surface area contributed by atoms with Gasteiger partial charge in [0, 0.05) is 10.7 Å². The van der Waals surface area contributed by atoms with Gasteiger partial charge in [0.25, 0.3) is 0 Å². The summed E-state index contributed by atoms with van der Waals surface area (Å²) in [5, 5.41) is 0.496. The molecule has 2 nitrogen and oxygen atoms in total. The average Bonchev–Trinajstić information content (AvgIpc) is 2.33. The van der Waals surface area contributed by atoms with Gasteiger partial charge in [-0.05, 0) is 54.3 Å². The zero-order chi connectivity index (χ0) is 15.6. The summed E-state index contributed by atoms with van der Waals surface area (Å²) in [5.74, 6) is -0.243. The highest BCUT2D eigenvalue weighted by Gasteiger charge is 2.31. The Morgan fingerprint density at radius 1 is 1.19 bits per heavy atom. The number of halogens is 4. The fourth-order valence-corrected chi connectivity index (χ4v) is 2.26. The number of anilines is 1. The third kappa shape index (κ3) is 4.29. The monoisotopic (exact) mass is 315 g/mol. The lowest BCUT2D eigenvalue weighted by Gasteiger charge is -2.12. The zero-order valence-electron chi connectivity index (χ0n) is 11.2. The molecule has 0 saturated heterocycles. The first kappa shape index (κ1) is 15.5. The minimum atomic E-state index is -4.70. The van der Waals surface area contributed by atoms with Gasteiger partial charge in [-0.1, -0.05) is 23.7 Å². The third-order valence-electron chi connectivity index (χ3n) is 3.05. The van der Waals surface area contributed by atoms with Gasteiger partial charge in [-0.15, -0.1) is 13.2 Å². The molecule has 0 radical (unpaired) electrons. The van der Waals surface area contributed by atoms with Gasteiger partial charge in [0.15, 0.2) is 0 Å². The topological polar surface area (TPSA) is 35.2 Å². The van der Waals surface area contributed by atoms with Crippen LogP contribution < -0.4 is 10.5 Å². The van der Waals surface area contributed by atoms with Crippen LogP contribution in [0.5, 0.6) is 5.75 Å². The van der Waals surface area contributed by atoms with E-state index in [9.17, 15) is 13.2 Å². The highest BCUT2D eigenvalue weighted by atomic mass is 35.5. The number of rotatable bonds is 3. The number of nitrogen functional groups attached to an aromatic ring is 1. The maximum atomic E-state index is 12.2. The summed E-state index contributed by atoms with van der Waals surface area (Å²) >= 11 is 5.95. The van der Waals surface area contributed by atoms with Crippen molar-refractivity contribution in [3.05, 3.63) is 58.1 Å². The van der Waals surface area contributed by atoms with Crippen LogP contribution in [-0.2, 0) is 6.42 Å². The average molecular weight is 316 g/mol. The summed E-state index contributed by atoms with van der Waals surface area (Å²) in [6, 6.07) is 9.24. The van der Waals surface area contributed by atoms with Gasteiger partial charge < -0.3 is 10.5 Å². The molecule has 2 aromatic rings. The van der Waals surface area contributed by atoms with E-state index in [4.69, 9.17) is 17.3 Å². The van der Waals surface area contributed by atoms with E-state index in [1.54, 1.807) is 18.2 Å². The highest BCUT2D eigenvalue weighted by molar-refractivity contribution is 6.31. The highest BCUT2D eigenvalue weighted by Crippen LogP contribution is 2.27. The van der Waals surface area contributed by atoms with E-state index in [1.807, 2.05) is 6.92 Å². The molecule has 0 fully saturated rings. The molecule has 6 heteroatoms. The maximum absolute atomic E-state index is 12.2. The SMILES string of the molecule is Cc1c(N)cc(Cl)cc1Cc1cccc(OC(F)(F)F)c1. The minimum Gasteiger partial charge on any atom is -0.406 e. The van der Waals surface area contributed by atoms with Crippen molar-refractivity contribution in [3.63, 3.8) is 0 Å². The molecule has 112 valence electrons. The number of hydrogen-bond donors (Lipinski definition) is 1. The molecular weight excluding hydrogens is 303 g/mol. The molecule has 0 aliphatic heterocycles. The first-order chi connectivity index (χ1) is 9.74. The van der Waals surface area contributed by atoms with Crippen LogP contribution in [0.3, 0.4) is 0 Å². The summed E-state index contributed by atoms with van der Waals surface area (Å²) in [6.45, 7) is 1.84. The van der Waals surface area contributed by atoms with Crippen molar-refractivity contribution < 1.29 is 17.9 Å². The predicted octanol–water partition coefficient (Wildman–Crippen LogP) is 4.72. The maximum Gasteiger partial charge on any atom is 0.573 e. The van der Waals surface area contributed by atoms with Gasteiger partial charge in [0.05, 0.1) is 0 Å². The van der Waals surface area contributed by atoms with E-state index < -0.39 is 6.36 Å². The normalized spacial score (nSPS) is 11.5. The molecule has 0 aromatic heterocycles. The van der Waals surface area contributed by atoms with E-state index in [2.05, 4.69) is 4.74 Å². The lowest BCUT2D eigenvalue weighted by molar-refractivity contribution is -0.274. The standard InChI is InChI=1S/C15H13ClF3NO/c1-9-11(7-12(16)8-14(9)20)5-10-3-2-4-13(6-10)21-15(17,18)19/h2-4,6-8H,5,20H2,1H3. The Morgan fingerprint density at radius 2 is 1.90 bits per heavy atom. The van der Waals surface area contributed by atoms with Crippen LogP contribution in [0.25, 0.3) is 0 Å². The summed E-state index contributed by atoms with van der Waals surface area (Å²) in [4.78, 5) is 0. The molecule has 0 unspecified atom stereocenters. The van der Waals surface area contributed by atoms with E-state index in [1.165, 1.54) is 18.2 Å². The molecule has 0 amide bonds. The fourth-order valence-electron chi connectivity index (χ4n) is 2.01. The molecular formula is C15H13ClF3NO. The smallest absolute Gasteiger partial charge is 0.406 e. The van der Waals surface area contributed by atoms with Gasteiger partial charge >= 0.3 is 6.36 Å².